The Labute approximate surface area is 118 Å². The van der Waals surface area contributed by atoms with Gasteiger partial charge in [0.05, 0.1) is 0 Å². The predicted octanol–water partition coefficient (Wildman–Crippen LogP) is 2.66. The number of nitriles is 1. The van der Waals surface area contributed by atoms with Crippen LogP contribution in [0.5, 0.6) is 0 Å². The first-order chi connectivity index (χ1) is 9.39. The average Bonchev–Trinajstić information content (AvgIpc) is 2.85. The normalized spacial score (nSPS) is 16.8. The van der Waals surface area contributed by atoms with E-state index in [9.17, 15) is 4.79 Å². The fourth-order valence-corrected chi connectivity index (χ4v) is 2.16. The Kier molecular flexibility index (Phi) is 3.98. The molecule has 0 N–H and O–H groups in total. The molecule has 2 rings (SSSR count). The van der Waals surface area contributed by atoms with Crippen LogP contribution in [0.25, 0.3) is 0 Å². The summed E-state index contributed by atoms with van der Waals surface area (Å²) < 4.78 is 10.6. The highest BCUT2D eigenvalue weighted by molar-refractivity contribution is 5.68. The number of aromatic nitrogens is 1. The van der Waals surface area contributed by atoms with Crippen LogP contribution in [0, 0.1) is 11.3 Å². The summed E-state index contributed by atoms with van der Waals surface area (Å²) >= 11 is 0. The molecule has 1 saturated heterocycles. The molecule has 6 nitrogen and oxygen atoms in total. The quantitative estimate of drug-likeness (QED) is 0.788. The third-order valence-corrected chi connectivity index (χ3v) is 3.13. The molecule has 20 heavy (non-hydrogen) atoms. The van der Waals surface area contributed by atoms with Gasteiger partial charge in [0.15, 0.2) is 11.6 Å². The second kappa shape index (κ2) is 5.53. The van der Waals surface area contributed by atoms with Crippen molar-refractivity contribution in [3.63, 3.8) is 0 Å². The van der Waals surface area contributed by atoms with E-state index in [2.05, 4.69) is 4.98 Å². The van der Waals surface area contributed by atoms with E-state index in [-0.39, 0.29) is 12.0 Å². The van der Waals surface area contributed by atoms with Crippen molar-refractivity contribution < 1.29 is 13.9 Å². The van der Waals surface area contributed by atoms with Crippen molar-refractivity contribution in [1.82, 2.24) is 9.88 Å². The van der Waals surface area contributed by atoms with Crippen molar-refractivity contribution in [2.45, 2.75) is 45.1 Å². The largest absolute Gasteiger partial charge is 0.447 e. The van der Waals surface area contributed by atoms with Crippen LogP contribution in [0.1, 0.15) is 51.1 Å². The molecular weight excluding hydrogens is 258 g/mol. The van der Waals surface area contributed by atoms with Crippen LogP contribution in [0.15, 0.2) is 10.7 Å². The number of ether oxygens (including phenoxy) is 1. The first-order valence-corrected chi connectivity index (χ1v) is 6.72. The molecule has 0 bridgehead atoms. The van der Waals surface area contributed by atoms with E-state index in [1.165, 1.54) is 6.26 Å². The molecule has 6 heteroatoms. The number of amides is 1. The number of carbonyl (C=O) groups is 1. The Bertz CT molecular complexity index is 517. The molecule has 1 fully saturated rings. The Balaban J connectivity index is 1.89. The number of oxazole rings is 1. The number of carbonyl (C=O) groups excluding carboxylic acids is 1. The molecule has 0 saturated carbocycles. The first kappa shape index (κ1) is 14.4. The van der Waals surface area contributed by atoms with Crippen LogP contribution in [0.2, 0.25) is 0 Å². The summed E-state index contributed by atoms with van der Waals surface area (Å²) in [5.74, 6) is 0.751. The van der Waals surface area contributed by atoms with Gasteiger partial charge in [-0.05, 0) is 33.6 Å². The lowest BCUT2D eigenvalue weighted by Crippen LogP contribution is -2.41. The van der Waals surface area contributed by atoms with Crippen LogP contribution in [-0.4, -0.2) is 34.7 Å². The number of piperidine rings is 1. The standard InChI is InChI=1S/C14H19N3O3/c1-14(2,3)20-13(18)17-6-4-10(5-7-17)12-16-11(8-15)9-19-12/h9-10H,4-7H2,1-3H3. The van der Waals surface area contributed by atoms with Gasteiger partial charge in [0, 0.05) is 19.0 Å². The van der Waals surface area contributed by atoms with E-state index >= 15 is 0 Å². The molecule has 0 aromatic carbocycles. The van der Waals surface area contributed by atoms with Gasteiger partial charge in [-0.25, -0.2) is 9.78 Å². The van der Waals surface area contributed by atoms with Gasteiger partial charge in [0.2, 0.25) is 0 Å². The first-order valence-electron chi connectivity index (χ1n) is 6.72. The molecule has 0 spiro atoms. The van der Waals surface area contributed by atoms with Gasteiger partial charge in [0.25, 0.3) is 0 Å². The fourth-order valence-electron chi connectivity index (χ4n) is 2.16. The SMILES string of the molecule is CC(C)(C)OC(=O)N1CCC(c2nc(C#N)co2)CC1. The van der Waals surface area contributed by atoms with Gasteiger partial charge >= 0.3 is 6.09 Å². The highest BCUT2D eigenvalue weighted by Crippen LogP contribution is 2.28. The monoisotopic (exact) mass is 277 g/mol. The number of rotatable bonds is 1. The number of likely N-dealkylation sites (tertiary alicyclic amines) is 1. The lowest BCUT2D eigenvalue weighted by Gasteiger charge is -2.32. The molecular formula is C14H19N3O3. The molecule has 0 aliphatic carbocycles. The molecule has 1 aromatic rings. The van der Waals surface area contributed by atoms with E-state index in [4.69, 9.17) is 14.4 Å². The summed E-state index contributed by atoms with van der Waals surface area (Å²) in [5, 5.41) is 8.73. The third kappa shape index (κ3) is 3.50. The summed E-state index contributed by atoms with van der Waals surface area (Å²) in [6.07, 6.45) is 2.63. The highest BCUT2D eigenvalue weighted by atomic mass is 16.6. The Morgan fingerprint density at radius 2 is 2.15 bits per heavy atom. The second-order valence-electron chi connectivity index (χ2n) is 5.92. The molecule has 2 heterocycles. The minimum Gasteiger partial charge on any atom is -0.447 e. The number of hydrogen-bond acceptors (Lipinski definition) is 5. The predicted molar refractivity (Wildman–Crippen MR) is 71.0 cm³/mol. The van der Waals surface area contributed by atoms with Crippen molar-refractivity contribution in [3.8, 4) is 6.07 Å². The molecule has 0 atom stereocenters. The van der Waals surface area contributed by atoms with Gasteiger partial charge in [-0.2, -0.15) is 5.26 Å². The van der Waals surface area contributed by atoms with E-state index < -0.39 is 5.60 Å². The fraction of sp³-hybridized carbons (Fsp3) is 0.643. The van der Waals surface area contributed by atoms with Gasteiger partial charge in [-0.15, -0.1) is 0 Å². The van der Waals surface area contributed by atoms with E-state index in [1.807, 2.05) is 26.8 Å². The molecule has 108 valence electrons. The molecule has 1 aromatic heterocycles. The van der Waals surface area contributed by atoms with Crippen LogP contribution < -0.4 is 0 Å². The molecule has 1 amide bonds. The van der Waals surface area contributed by atoms with Gasteiger partial charge in [0.1, 0.15) is 17.9 Å². The Morgan fingerprint density at radius 1 is 1.50 bits per heavy atom. The lowest BCUT2D eigenvalue weighted by atomic mass is 9.97. The van der Waals surface area contributed by atoms with Crippen molar-refractivity contribution >= 4 is 6.09 Å². The maximum atomic E-state index is 11.9. The minimum atomic E-state index is -0.474. The molecule has 0 unspecified atom stereocenters. The summed E-state index contributed by atoms with van der Waals surface area (Å²) in [5.41, 5.74) is -0.173. The van der Waals surface area contributed by atoms with Crippen molar-refractivity contribution in [2.24, 2.45) is 0 Å². The number of nitrogens with zero attached hydrogens (tertiary/aromatic N) is 3. The maximum absolute atomic E-state index is 11.9. The van der Waals surface area contributed by atoms with Crippen LogP contribution >= 0.6 is 0 Å². The van der Waals surface area contributed by atoms with Gasteiger partial charge < -0.3 is 14.1 Å². The summed E-state index contributed by atoms with van der Waals surface area (Å²) in [6, 6.07) is 1.95. The van der Waals surface area contributed by atoms with E-state index in [0.717, 1.165) is 12.8 Å². The zero-order chi connectivity index (χ0) is 14.8. The molecule has 1 aliphatic rings. The summed E-state index contributed by atoms with van der Waals surface area (Å²) in [7, 11) is 0. The zero-order valence-electron chi connectivity index (χ0n) is 12.0. The van der Waals surface area contributed by atoms with Gasteiger partial charge in [-0.1, -0.05) is 0 Å². The lowest BCUT2D eigenvalue weighted by molar-refractivity contribution is 0.0199. The van der Waals surface area contributed by atoms with Crippen molar-refractivity contribution in [2.75, 3.05) is 13.1 Å². The molecule has 0 radical (unpaired) electrons. The molecule has 1 aliphatic heterocycles. The third-order valence-electron chi connectivity index (χ3n) is 3.13. The highest BCUT2D eigenvalue weighted by Gasteiger charge is 2.29. The zero-order valence-corrected chi connectivity index (χ0v) is 12.0. The maximum Gasteiger partial charge on any atom is 0.410 e. The van der Waals surface area contributed by atoms with Gasteiger partial charge in [-0.3, -0.25) is 0 Å². The summed E-state index contributed by atoms with van der Waals surface area (Å²) in [4.78, 5) is 17.8. The van der Waals surface area contributed by atoms with Crippen molar-refractivity contribution in [1.29, 1.82) is 5.26 Å². The van der Waals surface area contributed by atoms with E-state index in [0.29, 0.717) is 24.7 Å². The van der Waals surface area contributed by atoms with Crippen LogP contribution in [0.4, 0.5) is 4.79 Å². The Morgan fingerprint density at radius 3 is 2.65 bits per heavy atom. The van der Waals surface area contributed by atoms with E-state index in [1.54, 1.807) is 4.90 Å². The average molecular weight is 277 g/mol. The minimum absolute atomic E-state index is 0.163. The van der Waals surface area contributed by atoms with Crippen LogP contribution in [-0.2, 0) is 4.74 Å². The smallest absolute Gasteiger partial charge is 0.410 e. The second-order valence-corrected chi connectivity index (χ2v) is 5.92. The van der Waals surface area contributed by atoms with Crippen molar-refractivity contribution in [3.05, 3.63) is 17.8 Å². The van der Waals surface area contributed by atoms with Crippen LogP contribution in [0.3, 0.4) is 0 Å². The Hall–Kier alpha value is -2.03. The summed E-state index contributed by atoms with van der Waals surface area (Å²) in [6.45, 7) is 6.79. The number of hydrogen-bond donors (Lipinski definition) is 0. The topological polar surface area (TPSA) is 79.4 Å².